The number of aliphatic hydroxyl groups excluding tert-OH is 1. The summed E-state index contributed by atoms with van der Waals surface area (Å²) in [4.78, 5) is 40.9. The highest BCUT2D eigenvalue weighted by Crippen LogP contribution is 2.25. The smallest absolute Gasteiger partial charge is 0.336 e. The molecule has 9 heteroatoms. The maximum absolute atomic E-state index is 13.1. The fourth-order valence-corrected chi connectivity index (χ4v) is 4.10. The SMILES string of the molecule is CCCCc1nc(CO)c(C(=O)NCCC(=O)OCC)n1Cc1ccc(-c2ccccc2C(=O)O)cc1. The maximum atomic E-state index is 13.1. The zero-order chi connectivity index (χ0) is 26.8. The van der Waals surface area contributed by atoms with Crippen molar-refractivity contribution >= 4 is 17.8 Å². The molecule has 2 aromatic carbocycles. The standard InChI is InChI=1S/C28H33N3O6/c1-3-5-10-24-30-23(18-32)26(27(34)29-16-15-25(33)37-4-2)31(24)17-19-11-13-20(14-12-19)21-8-6-7-9-22(21)28(35)36/h6-9,11-14,32H,3-5,10,15-18H2,1-2H3,(H,29,34)(H,35,36). The van der Waals surface area contributed by atoms with E-state index in [2.05, 4.69) is 17.2 Å². The Morgan fingerprint density at radius 1 is 1.05 bits per heavy atom. The topological polar surface area (TPSA) is 131 Å². The van der Waals surface area contributed by atoms with Crippen molar-refractivity contribution in [2.75, 3.05) is 13.2 Å². The fourth-order valence-electron chi connectivity index (χ4n) is 4.10. The van der Waals surface area contributed by atoms with Crippen molar-refractivity contribution in [3.05, 3.63) is 76.9 Å². The third-order valence-electron chi connectivity index (χ3n) is 5.92. The van der Waals surface area contributed by atoms with Gasteiger partial charge in [-0.05, 0) is 36.1 Å². The number of carboxylic acid groups (broad SMARTS) is 1. The normalized spacial score (nSPS) is 10.8. The highest BCUT2D eigenvalue weighted by atomic mass is 16.5. The lowest BCUT2D eigenvalue weighted by molar-refractivity contribution is -0.142. The van der Waals surface area contributed by atoms with Crippen molar-refractivity contribution in [2.45, 2.75) is 52.7 Å². The predicted octanol–water partition coefficient (Wildman–Crippen LogP) is 3.81. The molecular weight excluding hydrogens is 474 g/mol. The highest BCUT2D eigenvalue weighted by molar-refractivity contribution is 5.96. The van der Waals surface area contributed by atoms with Crippen LogP contribution >= 0.6 is 0 Å². The Morgan fingerprint density at radius 2 is 1.78 bits per heavy atom. The molecule has 9 nitrogen and oxygen atoms in total. The van der Waals surface area contributed by atoms with E-state index < -0.39 is 24.5 Å². The number of imidazole rings is 1. The van der Waals surface area contributed by atoms with Crippen LogP contribution in [0, 0.1) is 0 Å². The molecule has 0 saturated heterocycles. The molecule has 1 amide bonds. The molecular formula is C28H33N3O6. The number of rotatable bonds is 13. The van der Waals surface area contributed by atoms with Crippen LogP contribution in [0.4, 0.5) is 0 Å². The molecule has 196 valence electrons. The first-order valence-corrected chi connectivity index (χ1v) is 12.4. The third-order valence-corrected chi connectivity index (χ3v) is 5.92. The second-order valence-corrected chi connectivity index (χ2v) is 8.53. The molecule has 0 fully saturated rings. The molecule has 0 spiro atoms. The molecule has 37 heavy (non-hydrogen) atoms. The Hall–Kier alpha value is -3.98. The van der Waals surface area contributed by atoms with Gasteiger partial charge in [-0.3, -0.25) is 9.59 Å². The van der Waals surface area contributed by atoms with Crippen LogP contribution in [0.15, 0.2) is 48.5 Å². The number of aromatic nitrogens is 2. The van der Waals surface area contributed by atoms with E-state index >= 15 is 0 Å². The Morgan fingerprint density at radius 3 is 2.43 bits per heavy atom. The van der Waals surface area contributed by atoms with Crippen LogP contribution in [0.1, 0.15) is 71.0 Å². The summed E-state index contributed by atoms with van der Waals surface area (Å²) in [5, 5.41) is 22.2. The number of aryl methyl sites for hydroxylation is 1. The molecule has 0 unspecified atom stereocenters. The molecule has 3 N–H and O–H groups in total. The van der Waals surface area contributed by atoms with E-state index in [9.17, 15) is 24.6 Å². The van der Waals surface area contributed by atoms with Crippen LogP contribution < -0.4 is 5.32 Å². The number of aromatic carboxylic acids is 1. The minimum Gasteiger partial charge on any atom is -0.478 e. The van der Waals surface area contributed by atoms with Crippen LogP contribution in [-0.2, 0) is 29.1 Å². The van der Waals surface area contributed by atoms with Gasteiger partial charge in [-0.2, -0.15) is 0 Å². The van der Waals surface area contributed by atoms with Crippen LogP contribution in [0.3, 0.4) is 0 Å². The van der Waals surface area contributed by atoms with Crippen molar-refractivity contribution < 1.29 is 29.3 Å². The van der Waals surface area contributed by atoms with Gasteiger partial charge < -0.3 is 24.8 Å². The Kier molecular flexibility index (Phi) is 9.97. The number of esters is 1. The van der Waals surface area contributed by atoms with Gasteiger partial charge >= 0.3 is 11.9 Å². The second kappa shape index (κ2) is 13.4. The zero-order valence-corrected chi connectivity index (χ0v) is 21.2. The van der Waals surface area contributed by atoms with Crippen LogP contribution in [-0.4, -0.2) is 50.8 Å². The molecule has 3 rings (SSSR count). The summed E-state index contributed by atoms with van der Waals surface area (Å²) in [5.74, 6) is -1.11. The lowest BCUT2D eigenvalue weighted by Gasteiger charge is -2.14. The van der Waals surface area contributed by atoms with Crippen LogP contribution in [0.5, 0.6) is 0 Å². The third kappa shape index (κ3) is 7.04. The highest BCUT2D eigenvalue weighted by Gasteiger charge is 2.23. The zero-order valence-electron chi connectivity index (χ0n) is 21.2. The number of hydrogen-bond acceptors (Lipinski definition) is 6. The second-order valence-electron chi connectivity index (χ2n) is 8.53. The molecule has 0 aliphatic rings. The lowest BCUT2D eigenvalue weighted by atomic mass is 9.98. The number of nitrogens with one attached hydrogen (secondary N) is 1. The van der Waals surface area contributed by atoms with Gasteiger partial charge in [0.15, 0.2) is 0 Å². The number of nitrogens with zero attached hydrogens (tertiary/aromatic N) is 2. The van der Waals surface area contributed by atoms with Gasteiger partial charge in [0.25, 0.3) is 5.91 Å². The van der Waals surface area contributed by atoms with Crippen molar-refractivity contribution in [2.24, 2.45) is 0 Å². The number of unbranched alkanes of at least 4 members (excludes halogenated alkanes) is 1. The van der Waals surface area contributed by atoms with Gasteiger partial charge in [0, 0.05) is 19.5 Å². The minimum absolute atomic E-state index is 0.0458. The monoisotopic (exact) mass is 507 g/mol. The average molecular weight is 508 g/mol. The van der Waals surface area contributed by atoms with Crippen LogP contribution in [0.2, 0.25) is 0 Å². The quantitative estimate of drug-likeness (QED) is 0.300. The van der Waals surface area contributed by atoms with E-state index in [0.29, 0.717) is 24.4 Å². The molecule has 0 radical (unpaired) electrons. The van der Waals surface area contributed by atoms with E-state index in [1.165, 1.54) is 0 Å². The molecule has 3 aromatic rings. The van der Waals surface area contributed by atoms with Gasteiger partial charge in [-0.1, -0.05) is 55.8 Å². The van der Waals surface area contributed by atoms with Gasteiger partial charge in [-0.25, -0.2) is 9.78 Å². The van der Waals surface area contributed by atoms with Crippen LogP contribution in [0.25, 0.3) is 11.1 Å². The largest absolute Gasteiger partial charge is 0.478 e. The summed E-state index contributed by atoms with van der Waals surface area (Å²) in [6.45, 7) is 4.12. The molecule has 0 bridgehead atoms. The van der Waals surface area contributed by atoms with Gasteiger partial charge in [0.05, 0.1) is 30.9 Å². The molecule has 0 aliphatic carbocycles. The Balaban J connectivity index is 1.88. The van der Waals surface area contributed by atoms with E-state index in [4.69, 9.17) is 4.74 Å². The van der Waals surface area contributed by atoms with E-state index in [0.717, 1.165) is 24.0 Å². The number of carboxylic acids is 1. The molecule has 0 aliphatic heterocycles. The molecule has 1 heterocycles. The Labute approximate surface area is 216 Å². The van der Waals surface area contributed by atoms with E-state index in [1.54, 1.807) is 35.8 Å². The summed E-state index contributed by atoms with van der Waals surface area (Å²) in [6.07, 6.45) is 2.50. The summed E-state index contributed by atoms with van der Waals surface area (Å²) < 4.78 is 6.71. The van der Waals surface area contributed by atoms with Gasteiger partial charge in [-0.15, -0.1) is 0 Å². The number of hydrogen-bond donors (Lipinski definition) is 3. The number of benzene rings is 2. The molecule has 0 atom stereocenters. The van der Waals surface area contributed by atoms with Crippen molar-refractivity contribution in [1.29, 1.82) is 0 Å². The van der Waals surface area contributed by atoms with Crippen molar-refractivity contribution in [3.8, 4) is 11.1 Å². The summed E-state index contributed by atoms with van der Waals surface area (Å²) in [5.41, 5.74) is 3.05. The first-order valence-electron chi connectivity index (χ1n) is 12.4. The molecule has 0 saturated carbocycles. The number of aliphatic hydroxyl groups is 1. The van der Waals surface area contributed by atoms with Gasteiger partial charge in [0.1, 0.15) is 11.5 Å². The Bertz CT molecular complexity index is 1230. The van der Waals surface area contributed by atoms with E-state index in [-0.39, 0.29) is 36.5 Å². The lowest BCUT2D eigenvalue weighted by Crippen LogP contribution is -2.30. The first kappa shape index (κ1) is 27.6. The van der Waals surface area contributed by atoms with Gasteiger partial charge in [0.2, 0.25) is 0 Å². The predicted molar refractivity (Wildman–Crippen MR) is 138 cm³/mol. The van der Waals surface area contributed by atoms with Crippen molar-refractivity contribution in [1.82, 2.24) is 14.9 Å². The first-order chi connectivity index (χ1) is 17.9. The number of ether oxygens (including phenoxy) is 1. The number of carbonyl (C=O) groups excluding carboxylic acids is 2. The number of carbonyl (C=O) groups is 3. The number of amides is 1. The van der Waals surface area contributed by atoms with Crippen molar-refractivity contribution in [3.63, 3.8) is 0 Å². The maximum Gasteiger partial charge on any atom is 0.336 e. The molecule has 1 aromatic heterocycles. The van der Waals surface area contributed by atoms with E-state index in [1.807, 2.05) is 24.3 Å². The average Bonchev–Trinajstić information content (AvgIpc) is 3.25. The summed E-state index contributed by atoms with van der Waals surface area (Å²) >= 11 is 0. The summed E-state index contributed by atoms with van der Waals surface area (Å²) in [6, 6.07) is 14.3. The minimum atomic E-state index is -0.992. The fraction of sp³-hybridized carbons (Fsp3) is 0.357. The summed E-state index contributed by atoms with van der Waals surface area (Å²) in [7, 11) is 0.